The summed E-state index contributed by atoms with van der Waals surface area (Å²) in [7, 11) is 0. The van der Waals surface area contributed by atoms with E-state index in [-0.39, 0.29) is 17.7 Å². The van der Waals surface area contributed by atoms with E-state index in [1.54, 1.807) is 0 Å². The molecule has 1 N–H and O–H groups in total. The molecule has 2 atom stereocenters. The number of nitrogens with one attached hydrogen (secondary N) is 1. The second-order valence-corrected chi connectivity index (χ2v) is 8.14. The number of ether oxygens (including phenoxy) is 1. The van der Waals surface area contributed by atoms with Gasteiger partial charge < -0.3 is 9.72 Å². The first kappa shape index (κ1) is 18.4. The van der Waals surface area contributed by atoms with Gasteiger partial charge in [0.2, 0.25) is 0 Å². The summed E-state index contributed by atoms with van der Waals surface area (Å²) in [4.78, 5) is 18.5. The highest BCUT2D eigenvalue weighted by molar-refractivity contribution is 5.79. The van der Waals surface area contributed by atoms with E-state index >= 15 is 0 Å². The van der Waals surface area contributed by atoms with Crippen molar-refractivity contribution < 1.29 is 4.74 Å². The van der Waals surface area contributed by atoms with Gasteiger partial charge in [0, 0.05) is 17.7 Å². The minimum Gasteiger partial charge on any atom is -0.376 e. The van der Waals surface area contributed by atoms with Crippen LogP contribution in [-0.4, -0.2) is 55.9 Å². The molecule has 1 aromatic carbocycles. The van der Waals surface area contributed by atoms with Gasteiger partial charge >= 0.3 is 0 Å². The van der Waals surface area contributed by atoms with E-state index in [9.17, 15) is 4.79 Å². The molecule has 3 aromatic rings. The van der Waals surface area contributed by atoms with Gasteiger partial charge in [-0.2, -0.15) is 0 Å². The van der Waals surface area contributed by atoms with E-state index in [4.69, 9.17) is 4.74 Å². The summed E-state index contributed by atoms with van der Waals surface area (Å²) in [6, 6.07) is 7.82. The van der Waals surface area contributed by atoms with Crippen molar-refractivity contribution in [2.45, 2.75) is 51.3 Å². The molecule has 8 nitrogen and oxygen atoms in total. The van der Waals surface area contributed by atoms with Crippen LogP contribution in [0, 0.1) is 6.92 Å². The minimum absolute atomic E-state index is 0.0788. The second-order valence-electron chi connectivity index (χ2n) is 8.14. The number of H-pyrrole nitrogens is 1. The average molecular weight is 394 g/mol. The fourth-order valence-corrected chi connectivity index (χ4v) is 4.56. The lowest BCUT2D eigenvalue weighted by atomic mass is 10.0. The number of hydrogen-bond acceptors (Lipinski definition) is 6. The highest BCUT2D eigenvalue weighted by Gasteiger charge is 2.32. The standard InChI is InChI=1S/C21H26N6O2/c1-14-6-7-18-15(11-14)12-17(21(28)22-18)19(26-8-2-3-9-26)20-23-24-25-27(20)13-16-5-4-10-29-16/h6-7,11-12,16,19H,2-5,8-10,13H2,1H3,(H,22,28)/t16-,19-/m0/s1. The summed E-state index contributed by atoms with van der Waals surface area (Å²) in [5, 5.41) is 13.6. The van der Waals surface area contributed by atoms with Crippen molar-refractivity contribution in [2.75, 3.05) is 19.7 Å². The van der Waals surface area contributed by atoms with Crippen LogP contribution in [-0.2, 0) is 11.3 Å². The summed E-state index contributed by atoms with van der Waals surface area (Å²) in [5.74, 6) is 0.722. The van der Waals surface area contributed by atoms with Gasteiger partial charge in [0.15, 0.2) is 5.82 Å². The van der Waals surface area contributed by atoms with E-state index in [2.05, 4.69) is 38.4 Å². The van der Waals surface area contributed by atoms with Gasteiger partial charge in [-0.05, 0) is 79.7 Å². The molecule has 152 valence electrons. The van der Waals surface area contributed by atoms with Gasteiger partial charge in [0.1, 0.15) is 6.04 Å². The molecule has 0 radical (unpaired) electrons. The number of likely N-dealkylation sites (tertiary alicyclic amines) is 1. The molecule has 0 saturated carbocycles. The van der Waals surface area contributed by atoms with Crippen LogP contribution >= 0.6 is 0 Å². The SMILES string of the molecule is Cc1ccc2[nH]c(=O)c([C@@H](c3nnnn3C[C@@H]3CCCO3)N3CCCC3)cc2c1. The van der Waals surface area contributed by atoms with Crippen molar-refractivity contribution in [3.63, 3.8) is 0 Å². The van der Waals surface area contributed by atoms with Crippen LogP contribution < -0.4 is 5.56 Å². The van der Waals surface area contributed by atoms with E-state index in [1.165, 1.54) is 0 Å². The summed E-state index contributed by atoms with van der Waals surface area (Å²) < 4.78 is 7.62. The maximum Gasteiger partial charge on any atom is 0.253 e. The number of pyridine rings is 1. The number of fused-ring (bicyclic) bond motifs is 1. The number of hydrogen-bond donors (Lipinski definition) is 1. The lowest BCUT2D eigenvalue weighted by Gasteiger charge is -2.27. The third-order valence-electron chi connectivity index (χ3n) is 6.03. The van der Waals surface area contributed by atoms with Crippen molar-refractivity contribution in [1.82, 2.24) is 30.1 Å². The Bertz CT molecular complexity index is 1060. The summed E-state index contributed by atoms with van der Waals surface area (Å²) in [6.07, 6.45) is 4.46. The minimum atomic E-state index is -0.262. The predicted molar refractivity (Wildman–Crippen MR) is 109 cm³/mol. The number of rotatable bonds is 5. The lowest BCUT2D eigenvalue weighted by Crippen LogP contribution is -2.34. The highest BCUT2D eigenvalue weighted by atomic mass is 16.5. The maximum absolute atomic E-state index is 13.1. The largest absolute Gasteiger partial charge is 0.376 e. The van der Waals surface area contributed by atoms with E-state index in [0.29, 0.717) is 12.1 Å². The Labute approximate surface area is 168 Å². The maximum atomic E-state index is 13.1. The molecule has 2 fully saturated rings. The molecular weight excluding hydrogens is 368 g/mol. The van der Waals surface area contributed by atoms with Gasteiger partial charge in [-0.3, -0.25) is 9.69 Å². The molecule has 0 amide bonds. The van der Waals surface area contributed by atoms with Gasteiger partial charge in [-0.25, -0.2) is 4.68 Å². The first-order valence-electron chi connectivity index (χ1n) is 10.4. The van der Waals surface area contributed by atoms with Crippen molar-refractivity contribution in [3.8, 4) is 0 Å². The van der Waals surface area contributed by atoms with Crippen molar-refractivity contribution >= 4 is 10.9 Å². The smallest absolute Gasteiger partial charge is 0.253 e. The molecule has 2 aliphatic rings. The number of nitrogens with zero attached hydrogens (tertiary/aromatic N) is 5. The number of benzene rings is 1. The predicted octanol–water partition coefficient (Wildman–Crippen LogP) is 2.19. The Balaban J connectivity index is 1.60. The van der Waals surface area contributed by atoms with Crippen molar-refractivity contribution in [1.29, 1.82) is 0 Å². The Morgan fingerprint density at radius 1 is 1.24 bits per heavy atom. The number of tetrazole rings is 1. The van der Waals surface area contributed by atoms with Crippen LogP contribution in [0.1, 0.15) is 48.7 Å². The molecule has 8 heteroatoms. The van der Waals surface area contributed by atoms with Crippen molar-refractivity contribution in [3.05, 3.63) is 51.6 Å². The Morgan fingerprint density at radius 2 is 2.10 bits per heavy atom. The van der Waals surface area contributed by atoms with E-state index in [1.807, 2.05) is 22.9 Å². The van der Waals surface area contributed by atoms with Crippen LogP contribution in [0.3, 0.4) is 0 Å². The zero-order chi connectivity index (χ0) is 19.8. The lowest BCUT2D eigenvalue weighted by molar-refractivity contribution is 0.0912. The molecule has 2 saturated heterocycles. The molecule has 0 spiro atoms. The fourth-order valence-electron chi connectivity index (χ4n) is 4.56. The summed E-state index contributed by atoms with van der Waals surface area (Å²) in [5.41, 5.74) is 2.64. The molecule has 29 heavy (non-hydrogen) atoms. The molecule has 0 aliphatic carbocycles. The van der Waals surface area contributed by atoms with Crippen LogP contribution in [0.5, 0.6) is 0 Å². The van der Waals surface area contributed by atoms with Gasteiger partial charge in [0.25, 0.3) is 5.56 Å². The summed E-state index contributed by atoms with van der Waals surface area (Å²) >= 11 is 0. The topological polar surface area (TPSA) is 88.9 Å². The van der Waals surface area contributed by atoms with Crippen LogP contribution in [0.4, 0.5) is 0 Å². The van der Waals surface area contributed by atoms with Crippen LogP contribution in [0.25, 0.3) is 10.9 Å². The molecule has 5 rings (SSSR count). The highest BCUT2D eigenvalue weighted by Crippen LogP contribution is 2.30. The van der Waals surface area contributed by atoms with Crippen LogP contribution in [0.2, 0.25) is 0 Å². The van der Waals surface area contributed by atoms with Crippen LogP contribution in [0.15, 0.2) is 29.1 Å². The molecular formula is C21H26N6O2. The van der Waals surface area contributed by atoms with E-state index < -0.39 is 0 Å². The second kappa shape index (κ2) is 7.68. The van der Waals surface area contributed by atoms with Gasteiger partial charge in [-0.1, -0.05) is 11.6 Å². The number of aromatic nitrogens is 5. The Morgan fingerprint density at radius 3 is 2.90 bits per heavy atom. The van der Waals surface area contributed by atoms with Crippen molar-refractivity contribution in [2.24, 2.45) is 0 Å². The number of aryl methyl sites for hydroxylation is 1. The van der Waals surface area contributed by atoms with Gasteiger partial charge in [0.05, 0.1) is 12.6 Å². The first-order valence-corrected chi connectivity index (χ1v) is 10.4. The Hall–Kier alpha value is -2.58. The molecule has 4 heterocycles. The molecule has 0 unspecified atom stereocenters. The zero-order valence-electron chi connectivity index (χ0n) is 16.7. The van der Waals surface area contributed by atoms with Gasteiger partial charge in [-0.15, -0.1) is 5.10 Å². The third kappa shape index (κ3) is 3.58. The number of aromatic amines is 1. The monoisotopic (exact) mass is 394 g/mol. The molecule has 2 aromatic heterocycles. The molecule has 2 aliphatic heterocycles. The summed E-state index contributed by atoms with van der Waals surface area (Å²) in [6.45, 7) is 5.34. The van der Waals surface area contributed by atoms with E-state index in [0.717, 1.165) is 67.7 Å². The quantitative estimate of drug-likeness (QED) is 0.714. The molecule has 0 bridgehead atoms. The zero-order valence-corrected chi connectivity index (χ0v) is 16.7. The normalized spacial score (nSPS) is 21.2. The first-order chi connectivity index (χ1) is 14.2. The third-order valence-corrected chi connectivity index (χ3v) is 6.03. The Kier molecular flexibility index (Phi) is 4.89. The average Bonchev–Trinajstić information content (AvgIpc) is 3.47. The fraction of sp³-hybridized carbons (Fsp3) is 0.524.